The van der Waals surface area contributed by atoms with Gasteiger partial charge in [-0.15, -0.1) is 0 Å². The molecule has 0 unspecified atom stereocenters. The van der Waals surface area contributed by atoms with Crippen LogP contribution in [-0.2, 0) is 4.74 Å². The quantitative estimate of drug-likeness (QED) is 0.331. The van der Waals surface area contributed by atoms with E-state index in [0.717, 1.165) is 6.61 Å². The van der Waals surface area contributed by atoms with Crippen molar-refractivity contribution in [3.63, 3.8) is 0 Å². The van der Waals surface area contributed by atoms with Crippen LogP contribution in [0.4, 0.5) is 17.3 Å². The first-order valence-corrected chi connectivity index (χ1v) is 7.46. The molecule has 0 heterocycles. The Bertz CT molecular complexity index is 187. The maximum atomic E-state index is 9.75. The zero-order chi connectivity index (χ0) is 16.1. The molecule has 0 N–H and O–H groups in total. The number of hydrogen-bond donors (Lipinski definition) is 0. The summed E-state index contributed by atoms with van der Waals surface area (Å²) in [7, 11) is -4.19. The first-order chi connectivity index (χ1) is 9.24. The van der Waals surface area contributed by atoms with Crippen molar-refractivity contribution in [1.82, 2.24) is 0 Å². The number of hydrogen-bond acceptors (Lipinski definition) is 1. The molecule has 20 heavy (non-hydrogen) atoms. The lowest BCUT2D eigenvalue weighted by Gasteiger charge is -2.38. The van der Waals surface area contributed by atoms with Crippen molar-refractivity contribution in [1.29, 1.82) is 0 Å². The average molecular weight is 303 g/mol. The van der Waals surface area contributed by atoms with Gasteiger partial charge in [0.25, 0.3) is 0 Å². The third-order valence-corrected chi connectivity index (χ3v) is 3.41. The molecule has 0 aliphatic heterocycles. The standard InChI is InChI=1S/C13H30NO.BF4/c1-5-8-10-14(7-3,11-9-6-2)12-13-15-4;2-1(3,4)5/h5-13H2,1-4H3;/q+1;-1. The molecule has 0 atom stereocenters. The molecule has 2 nitrogen and oxygen atoms in total. The third-order valence-electron chi connectivity index (χ3n) is 3.41. The molecule has 0 amide bonds. The van der Waals surface area contributed by atoms with Crippen LogP contribution in [0.25, 0.3) is 0 Å². The first kappa shape index (κ1) is 22.0. The molecule has 0 saturated heterocycles. The van der Waals surface area contributed by atoms with Crippen LogP contribution in [0.5, 0.6) is 0 Å². The number of likely N-dealkylation sites (N-methyl/N-ethyl adjacent to an activating group) is 1. The maximum Gasteiger partial charge on any atom is 0.673 e. The second kappa shape index (κ2) is 12.4. The average Bonchev–Trinajstić information content (AvgIpc) is 2.37. The van der Waals surface area contributed by atoms with E-state index in [1.165, 1.54) is 56.3 Å². The van der Waals surface area contributed by atoms with E-state index in [9.17, 15) is 17.3 Å². The Kier molecular flexibility index (Phi) is 13.7. The highest BCUT2D eigenvalue weighted by atomic mass is 19.5. The van der Waals surface area contributed by atoms with Gasteiger partial charge in [-0.2, -0.15) is 0 Å². The van der Waals surface area contributed by atoms with Crippen molar-refractivity contribution in [3.05, 3.63) is 0 Å². The number of quaternary nitrogens is 1. The van der Waals surface area contributed by atoms with Gasteiger partial charge in [0.2, 0.25) is 0 Å². The number of methoxy groups -OCH3 is 1. The smallest absolute Gasteiger partial charge is 0.418 e. The van der Waals surface area contributed by atoms with Crippen LogP contribution < -0.4 is 0 Å². The molecular weight excluding hydrogens is 273 g/mol. The Morgan fingerprint density at radius 2 is 1.25 bits per heavy atom. The number of rotatable bonds is 10. The SMILES string of the molecule is CCCC[N+](CC)(CCCC)CCOC.F[B-](F)(F)F. The fourth-order valence-electron chi connectivity index (χ4n) is 2.08. The van der Waals surface area contributed by atoms with E-state index in [4.69, 9.17) is 4.74 Å². The van der Waals surface area contributed by atoms with Crippen molar-refractivity contribution in [2.75, 3.05) is 39.9 Å². The molecule has 0 saturated carbocycles. The first-order valence-electron chi connectivity index (χ1n) is 7.46. The van der Waals surface area contributed by atoms with Crippen LogP contribution in [0, 0.1) is 0 Å². The molecule has 0 rings (SSSR count). The van der Waals surface area contributed by atoms with Crippen molar-refractivity contribution >= 4 is 7.25 Å². The predicted molar refractivity (Wildman–Crippen MR) is 77.3 cm³/mol. The van der Waals surface area contributed by atoms with Gasteiger partial charge in [0.1, 0.15) is 6.54 Å². The molecule has 0 radical (unpaired) electrons. The molecule has 0 fully saturated rings. The van der Waals surface area contributed by atoms with Crippen LogP contribution in [-0.4, -0.2) is 51.6 Å². The van der Waals surface area contributed by atoms with Crippen LogP contribution in [0.15, 0.2) is 0 Å². The van der Waals surface area contributed by atoms with Gasteiger partial charge >= 0.3 is 7.25 Å². The summed E-state index contributed by atoms with van der Waals surface area (Å²) < 4.78 is 45.5. The van der Waals surface area contributed by atoms with Crippen LogP contribution in [0.2, 0.25) is 0 Å². The van der Waals surface area contributed by atoms with E-state index in [2.05, 4.69) is 20.8 Å². The van der Waals surface area contributed by atoms with Gasteiger partial charge in [-0.05, 0) is 19.8 Å². The molecule has 124 valence electrons. The lowest BCUT2D eigenvalue weighted by Crippen LogP contribution is -2.51. The van der Waals surface area contributed by atoms with Gasteiger partial charge in [0, 0.05) is 7.11 Å². The Labute approximate surface area is 121 Å². The van der Waals surface area contributed by atoms with Crippen LogP contribution in [0.1, 0.15) is 46.5 Å². The Hall–Kier alpha value is -0.295. The fraction of sp³-hybridized carbons (Fsp3) is 1.00. The third kappa shape index (κ3) is 15.8. The summed E-state index contributed by atoms with van der Waals surface area (Å²) in [6, 6.07) is 0. The summed E-state index contributed by atoms with van der Waals surface area (Å²) in [6.45, 7) is 12.9. The molecule has 0 aromatic rings. The van der Waals surface area contributed by atoms with Crippen LogP contribution >= 0.6 is 0 Å². The zero-order valence-corrected chi connectivity index (χ0v) is 13.3. The highest BCUT2D eigenvalue weighted by molar-refractivity contribution is 6.50. The summed E-state index contributed by atoms with van der Waals surface area (Å²) in [6.07, 6.45) is 5.31. The molecule has 0 aliphatic rings. The minimum Gasteiger partial charge on any atom is -0.418 e. The monoisotopic (exact) mass is 303 g/mol. The van der Waals surface area contributed by atoms with Crippen molar-refractivity contribution in [3.8, 4) is 0 Å². The fourth-order valence-corrected chi connectivity index (χ4v) is 2.08. The van der Waals surface area contributed by atoms with Gasteiger partial charge in [0.15, 0.2) is 0 Å². The highest BCUT2D eigenvalue weighted by Gasteiger charge is 2.23. The van der Waals surface area contributed by atoms with Gasteiger partial charge < -0.3 is 26.5 Å². The zero-order valence-electron chi connectivity index (χ0n) is 13.3. The number of nitrogens with zero attached hydrogens (tertiary/aromatic N) is 1. The van der Waals surface area contributed by atoms with Gasteiger partial charge in [-0.3, -0.25) is 0 Å². The predicted octanol–water partition coefficient (Wildman–Crippen LogP) is 4.37. The molecule has 0 aliphatic carbocycles. The van der Waals surface area contributed by atoms with Crippen molar-refractivity contribution in [2.24, 2.45) is 0 Å². The molecule has 7 heteroatoms. The lowest BCUT2D eigenvalue weighted by molar-refractivity contribution is -0.927. The second-order valence-electron chi connectivity index (χ2n) is 5.02. The second-order valence-corrected chi connectivity index (χ2v) is 5.02. The topological polar surface area (TPSA) is 9.23 Å². The lowest BCUT2D eigenvalue weighted by atomic mass is 10.2. The summed E-state index contributed by atoms with van der Waals surface area (Å²) in [5.74, 6) is 0. The summed E-state index contributed by atoms with van der Waals surface area (Å²) in [5.41, 5.74) is 0. The van der Waals surface area contributed by atoms with Gasteiger partial charge in [-0.1, -0.05) is 26.7 Å². The van der Waals surface area contributed by atoms with Crippen molar-refractivity contribution in [2.45, 2.75) is 46.5 Å². The van der Waals surface area contributed by atoms with E-state index < -0.39 is 7.25 Å². The van der Waals surface area contributed by atoms with Crippen LogP contribution in [0.3, 0.4) is 0 Å². The Balaban J connectivity index is 0. The van der Waals surface area contributed by atoms with E-state index in [1.54, 1.807) is 0 Å². The van der Waals surface area contributed by atoms with Gasteiger partial charge in [-0.25, -0.2) is 0 Å². The minimum atomic E-state index is -6.00. The minimum absolute atomic E-state index is 0.904. The normalized spacial score (nSPS) is 12.0. The summed E-state index contributed by atoms with van der Waals surface area (Å²) in [4.78, 5) is 0. The Morgan fingerprint density at radius 3 is 1.50 bits per heavy atom. The largest absolute Gasteiger partial charge is 0.673 e. The van der Waals surface area contributed by atoms with E-state index in [0.29, 0.717) is 0 Å². The molecule has 0 spiro atoms. The maximum absolute atomic E-state index is 9.75. The number of unbranched alkanes of at least 4 members (excludes halogenated alkanes) is 2. The van der Waals surface area contributed by atoms with Crippen molar-refractivity contribution < 1.29 is 26.5 Å². The van der Waals surface area contributed by atoms with E-state index in [-0.39, 0.29) is 0 Å². The number of halogens is 4. The highest BCUT2D eigenvalue weighted by Crippen LogP contribution is 2.12. The number of ether oxygens (including phenoxy) is 1. The summed E-state index contributed by atoms with van der Waals surface area (Å²) in [5, 5.41) is 0. The molecule has 0 aromatic heterocycles. The van der Waals surface area contributed by atoms with Gasteiger partial charge in [0.05, 0.1) is 26.2 Å². The van der Waals surface area contributed by atoms with E-state index >= 15 is 0 Å². The van der Waals surface area contributed by atoms with E-state index in [1.807, 2.05) is 7.11 Å². The molecular formula is C13H30BF4NO. The molecule has 0 bridgehead atoms. The molecule has 0 aromatic carbocycles. The summed E-state index contributed by atoms with van der Waals surface area (Å²) >= 11 is 0. The Morgan fingerprint density at radius 1 is 0.850 bits per heavy atom.